The van der Waals surface area contributed by atoms with Gasteiger partial charge in [-0.2, -0.15) is 4.89 Å². The van der Waals surface area contributed by atoms with Crippen molar-refractivity contribution in [2.24, 2.45) is 0 Å². The molecule has 0 spiro atoms. The molecular weight excluding hydrogens is 100 g/mol. The Morgan fingerprint density at radius 1 is 1.67 bits per heavy atom. The third-order valence-electron chi connectivity index (χ3n) is 0.201. The van der Waals surface area contributed by atoms with E-state index in [4.69, 9.17) is 0 Å². The maximum absolute atomic E-state index is 4.45. The molecule has 0 radical (unpaired) electrons. The van der Waals surface area contributed by atoms with Gasteiger partial charge in [-0.25, -0.2) is 0 Å². The third kappa shape index (κ3) is 3.85. The van der Waals surface area contributed by atoms with E-state index in [1.807, 2.05) is 0 Å². The minimum atomic E-state index is 0.400. The van der Waals surface area contributed by atoms with Gasteiger partial charge in [-0.3, -0.25) is 0 Å². The minimum absolute atomic E-state index is 0.400. The van der Waals surface area contributed by atoms with Gasteiger partial charge in [0.05, 0.1) is 7.11 Å². The molecule has 0 saturated heterocycles. The lowest BCUT2D eigenvalue weighted by Gasteiger charge is -1.91. The Morgan fingerprint density at radius 3 is 2.17 bits per heavy atom. The van der Waals surface area contributed by atoms with Crippen LogP contribution in [0.3, 0.4) is 0 Å². The van der Waals surface area contributed by atoms with Gasteiger partial charge < -0.3 is 4.89 Å². The SMILES string of the molecule is COOC(C)=S. The van der Waals surface area contributed by atoms with Crippen LogP contribution in [0.2, 0.25) is 0 Å². The molecule has 0 amide bonds. The average molecular weight is 106 g/mol. The van der Waals surface area contributed by atoms with E-state index in [1.165, 1.54) is 7.11 Å². The third-order valence-corrected chi connectivity index (χ3v) is 0.269. The second-order valence-electron chi connectivity index (χ2n) is 0.742. The van der Waals surface area contributed by atoms with Crippen LogP contribution in [0.1, 0.15) is 6.92 Å². The number of rotatable bonds is 1. The highest BCUT2D eigenvalue weighted by atomic mass is 32.1. The normalized spacial score (nSPS) is 7.67. The van der Waals surface area contributed by atoms with E-state index >= 15 is 0 Å². The van der Waals surface area contributed by atoms with Gasteiger partial charge in [0.25, 0.3) is 0 Å². The topological polar surface area (TPSA) is 18.5 Å². The van der Waals surface area contributed by atoms with Crippen molar-refractivity contribution in [1.29, 1.82) is 0 Å². The highest BCUT2D eigenvalue weighted by Gasteiger charge is 1.77. The summed E-state index contributed by atoms with van der Waals surface area (Å²) in [6.07, 6.45) is 0. The lowest BCUT2D eigenvalue weighted by molar-refractivity contribution is -0.191. The van der Waals surface area contributed by atoms with Crippen LogP contribution in [0.4, 0.5) is 0 Å². The molecule has 0 fully saturated rings. The molecule has 0 aliphatic rings. The van der Waals surface area contributed by atoms with E-state index in [0.717, 1.165) is 0 Å². The summed E-state index contributed by atoms with van der Waals surface area (Å²) in [6.45, 7) is 1.64. The summed E-state index contributed by atoms with van der Waals surface area (Å²) in [7, 11) is 1.41. The second-order valence-corrected chi connectivity index (χ2v) is 1.32. The van der Waals surface area contributed by atoms with E-state index in [-0.39, 0.29) is 0 Å². The summed E-state index contributed by atoms with van der Waals surface area (Å²) < 4.78 is 0. The van der Waals surface area contributed by atoms with Crippen molar-refractivity contribution in [1.82, 2.24) is 0 Å². The number of hydrogen-bond donors (Lipinski definition) is 0. The first-order chi connectivity index (χ1) is 2.77. The zero-order chi connectivity index (χ0) is 4.99. The maximum atomic E-state index is 4.45. The Balaban J connectivity index is 2.83. The van der Waals surface area contributed by atoms with E-state index in [0.29, 0.717) is 5.05 Å². The summed E-state index contributed by atoms with van der Waals surface area (Å²) >= 11 is 4.45. The first-order valence-corrected chi connectivity index (χ1v) is 1.89. The van der Waals surface area contributed by atoms with Gasteiger partial charge in [-0.1, -0.05) is 0 Å². The molecule has 0 unspecified atom stereocenters. The van der Waals surface area contributed by atoms with Crippen LogP contribution < -0.4 is 0 Å². The first-order valence-electron chi connectivity index (χ1n) is 1.48. The smallest absolute Gasteiger partial charge is 0.202 e. The summed E-state index contributed by atoms with van der Waals surface area (Å²) in [6, 6.07) is 0. The molecule has 0 aromatic rings. The zero-order valence-electron chi connectivity index (χ0n) is 3.72. The molecule has 0 heterocycles. The Labute approximate surface area is 42.0 Å². The van der Waals surface area contributed by atoms with Gasteiger partial charge >= 0.3 is 0 Å². The molecule has 0 bridgehead atoms. The summed E-state index contributed by atoms with van der Waals surface area (Å²) in [5.41, 5.74) is 0. The molecule has 0 rings (SSSR count). The standard InChI is InChI=1S/C3H6O2S/c1-3(6)5-4-2/h1-2H3. The van der Waals surface area contributed by atoms with Crippen LogP contribution in [0.5, 0.6) is 0 Å². The molecule has 0 aromatic carbocycles. The van der Waals surface area contributed by atoms with Gasteiger partial charge in [0.2, 0.25) is 5.05 Å². The monoisotopic (exact) mass is 106 g/mol. The predicted octanol–water partition coefficient (Wildman–Crippen LogP) is 0.912. The molecular formula is C3H6O2S. The van der Waals surface area contributed by atoms with Crippen LogP contribution in [0, 0.1) is 0 Å². The highest BCUT2D eigenvalue weighted by molar-refractivity contribution is 7.80. The van der Waals surface area contributed by atoms with E-state index in [9.17, 15) is 0 Å². The second kappa shape index (κ2) is 3.06. The molecule has 0 saturated carbocycles. The van der Waals surface area contributed by atoms with Crippen LogP contribution in [0.15, 0.2) is 0 Å². The van der Waals surface area contributed by atoms with Crippen molar-refractivity contribution in [3.05, 3.63) is 0 Å². The van der Waals surface area contributed by atoms with E-state index in [1.54, 1.807) is 6.92 Å². The van der Waals surface area contributed by atoms with Gasteiger partial charge in [0, 0.05) is 6.92 Å². The van der Waals surface area contributed by atoms with Crippen molar-refractivity contribution in [3.63, 3.8) is 0 Å². The van der Waals surface area contributed by atoms with Crippen molar-refractivity contribution in [2.75, 3.05) is 7.11 Å². The van der Waals surface area contributed by atoms with E-state index in [2.05, 4.69) is 22.0 Å². The van der Waals surface area contributed by atoms with Gasteiger partial charge in [0.1, 0.15) is 0 Å². The number of hydrogen-bond acceptors (Lipinski definition) is 3. The number of thiocarbonyl (C=S) groups is 1. The van der Waals surface area contributed by atoms with Crippen LogP contribution in [-0.2, 0) is 9.78 Å². The van der Waals surface area contributed by atoms with Crippen molar-refractivity contribution >= 4 is 17.3 Å². The van der Waals surface area contributed by atoms with Gasteiger partial charge in [0.15, 0.2) is 0 Å². The summed E-state index contributed by atoms with van der Waals surface area (Å²) in [5.74, 6) is 0. The largest absolute Gasteiger partial charge is 0.331 e. The van der Waals surface area contributed by atoms with Crippen LogP contribution in [-0.4, -0.2) is 12.2 Å². The van der Waals surface area contributed by atoms with Crippen molar-refractivity contribution in [2.45, 2.75) is 6.92 Å². The predicted molar refractivity (Wildman–Crippen MR) is 26.4 cm³/mol. The quantitative estimate of drug-likeness (QED) is 0.281. The summed E-state index contributed by atoms with van der Waals surface area (Å²) in [5, 5.41) is 0.400. The Morgan fingerprint density at radius 2 is 2.17 bits per heavy atom. The zero-order valence-corrected chi connectivity index (χ0v) is 4.54. The first kappa shape index (κ1) is 5.85. The molecule has 36 valence electrons. The van der Waals surface area contributed by atoms with Crippen LogP contribution in [0.25, 0.3) is 0 Å². The Bertz CT molecular complexity index is 52.8. The van der Waals surface area contributed by atoms with Gasteiger partial charge in [-0.05, 0) is 12.2 Å². The molecule has 3 heteroatoms. The summed E-state index contributed by atoms with van der Waals surface area (Å²) in [4.78, 5) is 8.44. The molecule has 6 heavy (non-hydrogen) atoms. The highest BCUT2D eigenvalue weighted by Crippen LogP contribution is 1.75. The lowest BCUT2D eigenvalue weighted by atomic mass is 10.9. The fourth-order valence-corrected chi connectivity index (χ4v) is 0.185. The molecule has 0 aliphatic carbocycles. The average Bonchev–Trinajstić information content (AvgIpc) is 1.35. The molecule has 0 N–H and O–H groups in total. The fraction of sp³-hybridized carbons (Fsp3) is 0.667. The molecule has 0 atom stereocenters. The molecule has 2 nitrogen and oxygen atoms in total. The Hall–Kier alpha value is -0.150. The molecule has 0 aliphatic heterocycles. The maximum Gasteiger partial charge on any atom is 0.202 e. The van der Waals surface area contributed by atoms with Crippen LogP contribution >= 0.6 is 12.2 Å². The van der Waals surface area contributed by atoms with Gasteiger partial charge in [-0.15, -0.1) is 0 Å². The Kier molecular flexibility index (Phi) is 2.98. The van der Waals surface area contributed by atoms with Crippen molar-refractivity contribution < 1.29 is 9.78 Å². The van der Waals surface area contributed by atoms with Crippen molar-refractivity contribution in [3.8, 4) is 0 Å². The van der Waals surface area contributed by atoms with E-state index < -0.39 is 0 Å². The fourth-order valence-electron chi connectivity index (χ4n) is 0.117. The lowest BCUT2D eigenvalue weighted by Crippen LogP contribution is -1.91. The molecule has 0 aromatic heterocycles. The minimum Gasteiger partial charge on any atom is -0.331 e.